The molecule has 0 saturated carbocycles. The van der Waals surface area contributed by atoms with Crippen LogP contribution in [0.25, 0.3) is 0 Å². The average molecular weight is 242 g/mol. The van der Waals surface area contributed by atoms with Crippen LogP contribution in [0.4, 0.5) is 15.8 Å². The minimum Gasteiger partial charge on any atom is -0.399 e. The lowest BCUT2D eigenvalue weighted by atomic mass is 10.1. The predicted octanol–water partition coefficient (Wildman–Crippen LogP) is 2.97. The lowest BCUT2D eigenvalue weighted by molar-refractivity contribution is 0.606. The maximum absolute atomic E-state index is 13.6. The van der Waals surface area contributed by atoms with Crippen molar-refractivity contribution in [3.63, 3.8) is 0 Å². The van der Waals surface area contributed by atoms with Crippen LogP contribution in [0.3, 0.4) is 0 Å². The van der Waals surface area contributed by atoms with Gasteiger partial charge in [0.15, 0.2) is 0 Å². The molecule has 2 aromatic rings. The summed E-state index contributed by atoms with van der Waals surface area (Å²) < 4.78 is 13.6. The minimum atomic E-state index is -0.144. The fourth-order valence-electron chi connectivity index (χ4n) is 2.46. The minimum absolute atomic E-state index is 0.144. The van der Waals surface area contributed by atoms with E-state index in [1.807, 2.05) is 24.3 Å². The zero-order valence-electron chi connectivity index (χ0n) is 10.1. The van der Waals surface area contributed by atoms with Crippen molar-refractivity contribution >= 4 is 11.4 Å². The number of nitrogens with two attached hydrogens (primary N) is 1. The summed E-state index contributed by atoms with van der Waals surface area (Å²) in [4.78, 5) is 2.18. The third kappa shape index (κ3) is 1.92. The lowest BCUT2D eigenvalue weighted by Gasteiger charge is -2.20. The van der Waals surface area contributed by atoms with E-state index < -0.39 is 0 Å². The average Bonchev–Trinajstić information content (AvgIpc) is 2.75. The second-order valence-electron chi connectivity index (χ2n) is 4.65. The molecule has 0 fully saturated rings. The normalized spacial score (nSPS) is 13.7. The molecule has 2 nitrogen and oxygen atoms in total. The number of benzene rings is 2. The Balaban J connectivity index is 1.89. The summed E-state index contributed by atoms with van der Waals surface area (Å²) in [5.74, 6) is -0.144. The summed E-state index contributed by atoms with van der Waals surface area (Å²) in [6, 6.07) is 12.9. The Kier molecular flexibility index (Phi) is 2.67. The lowest BCUT2D eigenvalue weighted by Crippen LogP contribution is -2.20. The molecule has 3 rings (SSSR count). The van der Waals surface area contributed by atoms with Crippen molar-refractivity contribution in [2.45, 2.75) is 13.0 Å². The van der Waals surface area contributed by atoms with Crippen molar-refractivity contribution in [2.24, 2.45) is 0 Å². The summed E-state index contributed by atoms with van der Waals surface area (Å²) in [5, 5.41) is 0. The number of nitrogen functional groups attached to an aromatic ring is 1. The highest BCUT2D eigenvalue weighted by Crippen LogP contribution is 2.31. The van der Waals surface area contributed by atoms with Crippen LogP contribution in [0.2, 0.25) is 0 Å². The molecule has 3 heteroatoms. The third-order valence-corrected chi connectivity index (χ3v) is 3.42. The van der Waals surface area contributed by atoms with Crippen molar-refractivity contribution in [1.82, 2.24) is 0 Å². The van der Waals surface area contributed by atoms with E-state index in [1.165, 1.54) is 11.6 Å². The first-order valence-electron chi connectivity index (χ1n) is 6.11. The summed E-state index contributed by atoms with van der Waals surface area (Å²) in [6.45, 7) is 1.52. The summed E-state index contributed by atoms with van der Waals surface area (Å²) in [7, 11) is 0. The van der Waals surface area contributed by atoms with Gasteiger partial charge in [-0.1, -0.05) is 24.3 Å². The van der Waals surface area contributed by atoms with Gasteiger partial charge in [-0.05, 0) is 30.2 Å². The van der Waals surface area contributed by atoms with Gasteiger partial charge in [-0.15, -0.1) is 0 Å². The molecule has 2 aromatic carbocycles. The van der Waals surface area contributed by atoms with E-state index in [9.17, 15) is 4.39 Å². The first-order chi connectivity index (χ1) is 8.74. The van der Waals surface area contributed by atoms with Crippen molar-refractivity contribution < 1.29 is 4.39 Å². The second-order valence-corrected chi connectivity index (χ2v) is 4.65. The van der Waals surface area contributed by atoms with Crippen molar-refractivity contribution in [3.8, 4) is 0 Å². The quantitative estimate of drug-likeness (QED) is 0.820. The molecule has 92 valence electrons. The van der Waals surface area contributed by atoms with Gasteiger partial charge in [-0.25, -0.2) is 4.39 Å². The van der Waals surface area contributed by atoms with Gasteiger partial charge < -0.3 is 10.6 Å². The summed E-state index contributed by atoms with van der Waals surface area (Å²) >= 11 is 0. The van der Waals surface area contributed by atoms with E-state index >= 15 is 0 Å². The van der Waals surface area contributed by atoms with Gasteiger partial charge in [0, 0.05) is 30.0 Å². The smallest absolute Gasteiger partial charge is 0.128 e. The highest BCUT2D eigenvalue weighted by Gasteiger charge is 2.19. The van der Waals surface area contributed by atoms with Crippen molar-refractivity contribution in [3.05, 3.63) is 59.4 Å². The molecule has 0 aromatic heterocycles. The maximum Gasteiger partial charge on any atom is 0.128 e. The molecule has 0 aliphatic carbocycles. The van der Waals surface area contributed by atoms with Gasteiger partial charge in [-0.2, -0.15) is 0 Å². The number of nitrogens with zero attached hydrogens (tertiary/aromatic N) is 1. The number of fused-ring (bicyclic) bond motifs is 1. The van der Waals surface area contributed by atoms with E-state index in [2.05, 4.69) is 11.0 Å². The van der Waals surface area contributed by atoms with Gasteiger partial charge in [-0.3, -0.25) is 0 Å². The van der Waals surface area contributed by atoms with Crippen LogP contribution in [0, 0.1) is 5.82 Å². The van der Waals surface area contributed by atoms with Crippen LogP contribution in [0.1, 0.15) is 11.1 Å². The Morgan fingerprint density at radius 3 is 2.83 bits per heavy atom. The van der Waals surface area contributed by atoms with Crippen LogP contribution in [-0.2, 0) is 13.0 Å². The largest absolute Gasteiger partial charge is 0.399 e. The molecule has 1 heterocycles. The molecule has 1 aliphatic heterocycles. The number of anilines is 2. The zero-order chi connectivity index (χ0) is 12.5. The first kappa shape index (κ1) is 11.1. The number of rotatable bonds is 2. The van der Waals surface area contributed by atoms with Crippen LogP contribution >= 0.6 is 0 Å². The Hall–Kier alpha value is -2.03. The third-order valence-electron chi connectivity index (χ3n) is 3.42. The zero-order valence-corrected chi connectivity index (χ0v) is 10.1. The highest BCUT2D eigenvalue weighted by molar-refractivity contribution is 5.64. The number of hydrogen-bond donors (Lipinski definition) is 1. The van der Waals surface area contributed by atoms with E-state index in [0.29, 0.717) is 6.54 Å². The first-order valence-corrected chi connectivity index (χ1v) is 6.11. The van der Waals surface area contributed by atoms with Gasteiger partial charge >= 0.3 is 0 Å². The summed E-state index contributed by atoms with van der Waals surface area (Å²) in [5.41, 5.74) is 9.73. The molecule has 0 bridgehead atoms. The molecular formula is C15H15FN2. The van der Waals surface area contributed by atoms with Gasteiger partial charge in [0.05, 0.1) is 0 Å². The van der Waals surface area contributed by atoms with Crippen LogP contribution < -0.4 is 10.6 Å². The Morgan fingerprint density at radius 1 is 1.17 bits per heavy atom. The fourth-order valence-corrected chi connectivity index (χ4v) is 2.46. The second kappa shape index (κ2) is 4.33. The van der Waals surface area contributed by atoms with Crippen LogP contribution in [0.5, 0.6) is 0 Å². The number of hydrogen-bond acceptors (Lipinski definition) is 2. The van der Waals surface area contributed by atoms with Crippen molar-refractivity contribution in [1.29, 1.82) is 0 Å². The molecule has 0 radical (unpaired) electrons. The molecule has 18 heavy (non-hydrogen) atoms. The highest BCUT2D eigenvalue weighted by atomic mass is 19.1. The van der Waals surface area contributed by atoms with E-state index in [1.54, 1.807) is 6.07 Å². The Bertz CT molecular complexity index is 580. The van der Waals surface area contributed by atoms with Gasteiger partial charge in [0.2, 0.25) is 0 Å². The molecule has 0 unspecified atom stereocenters. The maximum atomic E-state index is 13.6. The topological polar surface area (TPSA) is 29.3 Å². The Labute approximate surface area is 106 Å². The predicted molar refractivity (Wildman–Crippen MR) is 72.0 cm³/mol. The van der Waals surface area contributed by atoms with Gasteiger partial charge in [0.25, 0.3) is 0 Å². The van der Waals surface area contributed by atoms with Crippen LogP contribution in [-0.4, -0.2) is 6.54 Å². The number of halogens is 1. The summed E-state index contributed by atoms with van der Waals surface area (Å²) in [6.07, 6.45) is 1.00. The monoisotopic (exact) mass is 242 g/mol. The molecule has 0 atom stereocenters. The van der Waals surface area contributed by atoms with Gasteiger partial charge in [0.1, 0.15) is 5.82 Å². The SMILES string of the molecule is Nc1ccc2c(c1)N(Cc1ccccc1F)CC2. The fraction of sp³-hybridized carbons (Fsp3) is 0.200. The molecule has 2 N–H and O–H groups in total. The standard InChI is InChI=1S/C15H15FN2/c16-14-4-2-1-3-12(14)10-18-8-7-11-5-6-13(17)9-15(11)18/h1-6,9H,7-8,10,17H2. The van der Waals surface area contributed by atoms with Crippen molar-refractivity contribution in [2.75, 3.05) is 17.2 Å². The molecule has 0 spiro atoms. The van der Waals surface area contributed by atoms with E-state index in [4.69, 9.17) is 5.73 Å². The molecule has 0 amide bonds. The Morgan fingerprint density at radius 2 is 2.00 bits per heavy atom. The molecule has 0 saturated heterocycles. The molecular weight excluding hydrogens is 227 g/mol. The van der Waals surface area contributed by atoms with Crippen LogP contribution in [0.15, 0.2) is 42.5 Å². The van der Waals surface area contributed by atoms with E-state index in [-0.39, 0.29) is 5.82 Å². The molecule has 1 aliphatic rings. The van der Waals surface area contributed by atoms with E-state index in [0.717, 1.165) is 29.9 Å².